The van der Waals surface area contributed by atoms with E-state index in [9.17, 15) is 14.4 Å². The maximum Gasteiger partial charge on any atom is 0.373 e. The highest BCUT2D eigenvalue weighted by Gasteiger charge is 2.34. The van der Waals surface area contributed by atoms with Crippen molar-refractivity contribution in [3.63, 3.8) is 0 Å². The third-order valence-electron chi connectivity index (χ3n) is 4.17. The number of nitrogens with zero attached hydrogens (tertiary/aromatic N) is 1. The molecule has 0 radical (unpaired) electrons. The molecule has 1 aliphatic rings. The summed E-state index contributed by atoms with van der Waals surface area (Å²) >= 11 is 2.11. The Balaban J connectivity index is 1.83. The lowest BCUT2D eigenvalue weighted by molar-refractivity contribution is -0.123. The van der Waals surface area contributed by atoms with Gasteiger partial charge in [-0.1, -0.05) is 0 Å². The van der Waals surface area contributed by atoms with E-state index in [0.717, 1.165) is 8.47 Å². The summed E-state index contributed by atoms with van der Waals surface area (Å²) < 4.78 is 21.7. The molecule has 0 aliphatic carbocycles. The first-order valence-corrected chi connectivity index (χ1v) is 9.97. The third kappa shape index (κ3) is 4.42. The fraction of sp³-hybridized carbons (Fsp3) is 0.250. The molecule has 1 aliphatic heterocycles. The fourth-order valence-corrected chi connectivity index (χ4v) is 3.69. The zero-order chi connectivity index (χ0) is 21.8. The molecule has 10 heteroatoms. The first-order chi connectivity index (χ1) is 14.4. The number of furan rings is 1. The van der Waals surface area contributed by atoms with Crippen molar-refractivity contribution < 1.29 is 33.0 Å². The monoisotopic (exact) mass is 526 g/mol. The van der Waals surface area contributed by atoms with E-state index >= 15 is 0 Å². The lowest BCUT2D eigenvalue weighted by Gasteiger charge is -2.12. The van der Waals surface area contributed by atoms with Crippen LogP contribution < -0.4 is 14.8 Å². The second-order valence-electron chi connectivity index (χ2n) is 6.10. The van der Waals surface area contributed by atoms with E-state index in [1.165, 1.54) is 19.2 Å². The quantitative estimate of drug-likeness (QED) is 0.256. The van der Waals surface area contributed by atoms with Crippen molar-refractivity contribution in [3.05, 3.63) is 50.6 Å². The van der Waals surface area contributed by atoms with Crippen LogP contribution in [0.1, 0.15) is 28.8 Å². The molecule has 9 nitrogen and oxygen atoms in total. The Kier molecular flexibility index (Phi) is 6.65. The summed E-state index contributed by atoms with van der Waals surface area (Å²) in [5, 5.41) is 2.55. The van der Waals surface area contributed by atoms with E-state index in [4.69, 9.17) is 13.9 Å². The number of esters is 1. The molecule has 158 valence electrons. The number of carbonyl (C=O) groups is 3. The average Bonchev–Trinajstić information content (AvgIpc) is 3.28. The minimum Gasteiger partial charge on any atom is -0.492 e. The van der Waals surface area contributed by atoms with Crippen molar-refractivity contribution in [1.29, 1.82) is 0 Å². The van der Waals surface area contributed by atoms with E-state index in [0.29, 0.717) is 23.7 Å². The molecule has 0 atom stereocenters. The molecule has 0 bridgehead atoms. The summed E-state index contributed by atoms with van der Waals surface area (Å²) in [6, 6.07) is 5.89. The van der Waals surface area contributed by atoms with E-state index in [1.807, 2.05) is 13.0 Å². The van der Waals surface area contributed by atoms with Crippen molar-refractivity contribution in [2.75, 3.05) is 20.8 Å². The number of carbonyl (C=O) groups excluding carboxylic acids is 3. The van der Waals surface area contributed by atoms with Gasteiger partial charge in [0.05, 0.1) is 30.9 Å². The molecule has 30 heavy (non-hydrogen) atoms. The van der Waals surface area contributed by atoms with Crippen LogP contribution in [-0.4, -0.2) is 43.6 Å². The summed E-state index contributed by atoms with van der Waals surface area (Å²) in [7, 11) is 2.79. The van der Waals surface area contributed by atoms with E-state index in [1.54, 1.807) is 19.3 Å². The smallest absolute Gasteiger partial charge is 0.373 e. The van der Waals surface area contributed by atoms with Crippen LogP contribution in [-0.2, 0) is 16.1 Å². The largest absolute Gasteiger partial charge is 0.492 e. The topological polar surface area (TPSA) is 107 Å². The van der Waals surface area contributed by atoms with Crippen LogP contribution in [0, 0.1) is 3.57 Å². The lowest BCUT2D eigenvalue weighted by Crippen LogP contribution is -2.30. The van der Waals surface area contributed by atoms with Crippen LogP contribution in [0.3, 0.4) is 0 Å². The Labute approximate surface area is 186 Å². The van der Waals surface area contributed by atoms with Gasteiger partial charge in [0.15, 0.2) is 11.5 Å². The summed E-state index contributed by atoms with van der Waals surface area (Å²) in [5.41, 5.74) is 0.781. The summed E-state index contributed by atoms with van der Waals surface area (Å²) in [4.78, 5) is 37.5. The molecule has 1 N–H and O–H groups in total. The van der Waals surface area contributed by atoms with Crippen molar-refractivity contribution in [2.24, 2.45) is 0 Å². The summed E-state index contributed by atoms with van der Waals surface area (Å²) in [5.74, 6) is 0.253. The number of nitrogens with one attached hydrogen (secondary N) is 1. The van der Waals surface area contributed by atoms with E-state index in [2.05, 4.69) is 32.6 Å². The van der Waals surface area contributed by atoms with Gasteiger partial charge in [-0.3, -0.25) is 9.69 Å². The maximum atomic E-state index is 12.7. The van der Waals surface area contributed by atoms with Crippen molar-refractivity contribution >= 4 is 46.6 Å². The highest BCUT2D eigenvalue weighted by Crippen LogP contribution is 2.34. The molecule has 0 saturated carbocycles. The minimum atomic E-state index is -0.641. The number of amides is 3. The number of imide groups is 1. The summed E-state index contributed by atoms with van der Waals surface area (Å²) in [6.45, 7) is 2.19. The van der Waals surface area contributed by atoms with Crippen molar-refractivity contribution in [3.8, 4) is 11.5 Å². The van der Waals surface area contributed by atoms with Gasteiger partial charge in [0, 0.05) is 0 Å². The normalized spacial score (nSPS) is 14.8. The van der Waals surface area contributed by atoms with E-state index in [-0.39, 0.29) is 23.8 Å². The minimum absolute atomic E-state index is 0.00780. The molecule has 2 heterocycles. The number of hydrogen-bond donors (Lipinski definition) is 1. The van der Waals surface area contributed by atoms with Gasteiger partial charge in [-0.25, -0.2) is 9.59 Å². The van der Waals surface area contributed by atoms with Gasteiger partial charge in [-0.05, 0) is 65.4 Å². The van der Waals surface area contributed by atoms with Gasteiger partial charge in [0.1, 0.15) is 11.5 Å². The standard InChI is InChI=1S/C20H19IN2O7/c1-4-29-16-9-11(7-13(21)17(16)27-2)8-14-18(24)23(20(26)22-14)10-12-5-6-15(30-12)19(25)28-3/h5-9H,4,10H2,1-3H3,(H,22,26)/b14-8-. The number of halogens is 1. The van der Waals surface area contributed by atoms with Crippen LogP contribution >= 0.6 is 22.6 Å². The Morgan fingerprint density at radius 2 is 2.03 bits per heavy atom. The molecule has 2 aromatic rings. The predicted octanol–water partition coefficient (Wildman–Crippen LogP) is 3.17. The SMILES string of the molecule is CCOc1cc(/C=C2\NC(=O)N(Cc3ccc(C(=O)OC)o3)C2=O)cc(I)c1OC. The number of urea groups is 1. The van der Waals surface area contributed by atoms with Crippen LogP contribution in [0.15, 0.2) is 34.4 Å². The van der Waals surface area contributed by atoms with Crippen molar-refractivity contribution in [2.45, 2.75) is 13.5 Å². The Bertz CT molecular complexity index is 1030. The second kappa shape index (κ2) is 9.20. The number of methoxy groups -OCH3 is 2. The molecule has 1 aromatic carbocycles. The Hall–Kier alpha value is -3.02. The Morgan fingerprint density at radius 1 is 1.27 bits per heavy atom. The van der Waals surface area contributed by atoms with Crippen LogP contribution in [0.5, 0.6) is 11.5 Å². The van der Waals surface area contributed by atoms with E-state index < -0.39 is 17.9 Å². The Morgan fingerprint density at radius 3 is 2.70 bits per heavy atom. The zero-order valence-corrected chi connectivity index (χ0v) is 18.6. The molecular formula is C20H19IN2O7. The van der Waals surface area contributed by atoms with Crippen LogP contribution in [0.25, 0.3) is 6.08 Å². The first-order valence-electron chi connectivity index (χ1n) is 8.89. The zero-order valence-electron chi connectivity index (χ0n) is 16.5. The number of hydrogen-bond acceptors (Lipinski definition) is 7. The highest BCUT2D eigenvalue weighted by atomic mass is 127. The van der Waals surface area contributed by atoms with Gasteiger partial charge in [-0.2, -0.15) is 0 Å². The predicted molar refractivity (Wildman–Crippen MR) is 114 cm³/mol. The number of rotatable bonds is 7. The third-order valence-corrected chi connectivity index (χ3v) is 4.97. The molecule has 1 saturated heterocycles. The number of ether oxygens (including phenoxy) is 3. The fourth-order valence-electron chi connectivity index (χ4n) is 2.84. The lowest BCUT2D eigenvalue weighted by atomic mass is 10.1. The van der Waals surface area contributed by atoms with Gasteiger partial charge in [-0.15, -0.1) is 0 Å². The van der Waals surface area contributed by atoms with Crippen LogP contribution in [0.2, 0.25) is 0 Å². The molecule has 1 aromatic heterocycles. The van der Waals surface area contributed by atoms with Gasteiger partial charge >= 0.3 is 12.0 Å². The van der Waals surface area contributed by atoms with Crippen LogP contribution in [0.4, 0.5) is 4.79 Å². The van der Waals surface area contributed by atoms with Crippen molar-refractivity contribution in [1.82, 2.24) is 10.2 Å². The molecule has 3 amide bonds. The maximum absolute atomic E-state index is 12.7. The van der Waals surface area contributed by atoms with Gasteiger partial charge < -0.3 is 23.9 Å². The first kappa shape index (κ1) is 21.7. The average molecular weight is 526 g/mol. The molecule has 0 unspecified atom stereocenters. The summed E-state index contributed by atoms with van der Waals surface area (Å²) in [6.07, 6.45) is 1.56. The number of benzene rings is 1. The molecule has 1 fully saturated rings. The highest BCUT2D eigenvalue weighted by molar-refractivity contribution is 14.1. The molecule has 3 rings (SSSR count). The second-order valence-corrected chi connectivity index (χ2v) is 7.27. The molecule has 0 spiro atoms. The van der Waals surface area contributed by atoms with Gasteiger partial charge in [0.25, 0.3) is 5.91 Å². The van der Waals surface area contributed by atoms with Gasteiger partial charge in [0.2, 0.25) is 5.76 Å². The molecular weight excluding hydrogens is 507 g/mol.